The van der Waals surface area contributed by atoms with Crippen molar-refractivity contribution in [3.05, 3.63) is 60.7 Å². The van der Waals surface area contributed by atoms with Gasteiger partial charge in [-0.1, -0.05) is 31.9 Å². The minimum absolute atomic E-state index is 0. The number of hydrogen-bond donors (Lipinski definition) is 1. The number of pyridine rings is 1. The molecule has 0 spiro atoms. The van der Waals surface area contributed by atoms with Crippen molar-refractivity contribution < 1.29 is 26.5 Å². The molecule has 1 amide bonds. The number of hydrogen-bond acceptors (Lipinski definition) is 3. The number of ether oxygens (including phenoxy) is 1. The number of aromatic nitrogens is 3. The lowest BCUT2D eigenvalue weighted by molar-refractivity contribution is -0.675. The molecule has 0 radical (unpaired) electrons. The summed E-state index contributed by atoms with van der Waals surface area (Å²) >= 11 is 0. The van der Waals surface area contributed by atoms with Crippen molar-refractivity contribution in [3.63, 3.8) is 0 Å². The van der Waals surface area contributed by atoms with Gasteiger partial charge in [0.2, 0.25) is 6.33 Å². The molecule has 0 aliphatic rings. The minimum atomic E-state index is -0.141. The maximum Gasteiger partial charge on any atom is 0.255 e. The standard InChI is InChI=1S/C20H24N4O2.ClH/c1-2-3-6-12-26-16-24-15-23(18-9-4-5-10-19(18)24)14-22-20(25)17-8-7-11-21-13-17;/h4-5,7-11,13,15H,2-3,6,12,14,16H2,1H3;1H. The zero-order valence-corrected chi connectivity index (χ0v) is 16.2. The van der Waals surface area contributed by atoms with Crippen LogP contribution in [0.5, 0.6) is 0 Å². The van der Waals surface area contributed by atoms with Gasteiger partial charge in [-0.05, 0) is 30.7 Å². The highest BCUT2D eigenvalue weighted by atomic mass is 35.5. The molecule has 27 heavy (non-hydrogen) atoms. The van der Waals surface area contributed by atoms with Crippen LogP contribution >= 0.6 is 0 Å². The quantitative estimate of drug-likeness (QED) is 0.410. The molecule has 0 unspecified atom stereocenters. The number of halogens is 1. The van der Waals surface area contributed by atoms with E-state index in [1.165, 1.54) is 12.8 Å². The largest absolute Gasteiger partial charge is 1.00 e. The van der Waals surface area contributed by atoms with Crippen molar-refractivity contribution in [2.75, 3.05) is 6.61 Å². The lowest BCUT2D eigenvalue weighted by Gasteiger charge is -2.02. The molecule has 3 rings (SSSR count). The van der Waals surface area contributed by atoms with Crippen LogP contribution in [0.4, 0.5) is 0 Å². The molecule has 0 aliphatic carbocycles. The molecule has 0 bridgehead atoms. The maximum atomic E-state index is 12.2. The van der Waals surface area contributed by atoms with E-state index in [9.17, 15) is 4.79 Å². The molecule has 7 heteroatoms. The summed E-state index contributed by atoms with van der Waals surface area (Å²) in [5.41, 5.74) is 2.69. The highest BCUT2D eigenvalue weighted by Crippen LogP contribution is 2.11. The summed E-state index contributed by atoms with van der Waals surface area (Å²) in [7, 11) is 0. The van der Waals surface area contributed by atoms with E-state index in [0.29, 0.717) is 19.0 Å². The Bertz CT molecular complexity index is 852. The van der Waals surface area contributed by atoms with Crippen molar-refractivity contribution in [1.29, 1.82) is 0 Å². The number of nitrogens with zero attached hydrogens (tertiary/aromatic N) is 3. The molecule has 0 saturated carbocycles. The van der Waals surface area contributed by atoms with E-state index in [2.05, 4.69) is 27.9 Å². The highest BCUT2D eigenvalue weighted by Gasteiger charge is 2.16. The van der Waals surface area contributed by atoms with Crippen molar-refractivity contribution in [2.45, 2.75) is 39.6 Å². The molecule has 3 aromatic rings. The fourth-order valence-electron chi connectivity index (χ4n) is 2.84. The van der Waals surface area contributed by atoms with Crippen LogP contribution in [0.25, 0.3) is 11.0 Å². The Kier molecular flexibility index (Phi) is 8.23. The van der Waals surface area contributed by atoms with Crippen LogP contribution in [0.3, 0.4) is 0 Å². The van der Waals surface area contributed by atoms with Gasteiger partial charge in [-0.2, -0.15) is 0 Å². The third kappa shape index (κ3) is 5.52. The van der Waals surface area contributed by atoms with Gasteiger partial charge in [-0.15, -0.1) is 0 Å². The Balaban J connectivity index is 0.00000261. The van der Waals surface area contributed by atoms with Crippen LogP contribution in [0.2, 0.25) is 0 Å². The van der Waals surface area contributed by atoms with Crippen molar-refractivity contribution in [1.82, 2.24) is 14.9 Å². The third-order valence-corrected chi connectivity index (χ3v) is 4.24. The summed E-state index contributed by atoms with van der Waals surface area (Å²) in [6.45, 7) is 3.84. The van der Waals surface area contributed by atoms with Crippen LogP contribution in [0.1, 0.15) is 36.5 Å². The van der Waals surface area contributed by atoms with Crippen LogP contribution in [0.15, 0.2) is 55.1 Å². The smallest absolute Gasteiger partial charge is 0.255 e. The van der Waals surface area contributed by atoms with Crippen molar-refractivity contribution >= 4 is 16.9 Å². The summed E-state index contributed by atoms with van der Waals surface area (Å²) in [4.78, 5) is 16.2. The number of imidazole rings is 1. The van der Waals surface area contributed by atoms with E-state index in [1.807, 2.05) is 29.1 Å². The van der Waals surface area contributed by atoms with Gasteiger partial charge in [-0.25, -0.2) is 9.13 Å². The third-order valence-electron chi connectivity index (χ3n) is 4.24. The van der Waals surface area contributed by atoms with Gasteiger partial charge >= 0.3 is 0 Å². The van der Waals surface area contributed by atoms with Gasteiger partial charge in [0.05, 0.1) is 12.2 Å². The molecule has 2 aromatic heterocycles. The molecule has 0 saturated heterocycles. The molecular weight excluding hydrogens is 364 g/mol. The SMILES string of the molecule is CCCCCOCn1c[n+](CNC(=O)c2cccnc2)c2ccccc21.[Cl-]. The fourth-order valence-corrected chi connectivity index (χ4v) is 2.84. The number of rotatable bonds is 9. The Labute approximate surface area is 165 Å². The van der Waals surface area contributed by atoms with Gasteiger partial charge in [0.15, 0.2) is 24.4 Å². The van der Waals surface area contributed by atoms with E-state index >= 15 is 0 Å². The molecule has 0 fully saturated rings. The molecular formula is C20H25ClN4O2. The Morgan fingerprint density at radius 3 is 2.85 bits per heavy atom. The summed E-state index contributed by atoms with van der Waals surface area (Å²) < 4.78 is 9.87. The molecule has 1 aromatic carbocycles. The number of nitrogens with one attached hydrogen (secondary N) is 1. The first-order chi connectivity index (χ1) is 12.8. The van der Waals surface area contributed by atoms with E-state index in [4.69, 9.17) is 4.74 Å². The van der Waals surface area contributed by atoms with Gasteiger partial charge in [0.25, 0.3) is 5.91 Å². The lowest BCUT2D eigenvalue weighted by atomic mass is 10.3. The van der Waals surface area contributed by atoms with Crippen LogP contribution in [-0.2, 0) is 18.1 Å². The maximum absolute atomic E-state index is 12.2. The topological polar surface area (TPSA) is 60.0 Å². The van der Waals surface area contributed by atoms with E-state index in [0.717, 1.165) is 24.1 Å². The predicted octanol–water partition coefficient (Wildman–Crippen LogP) is -0.120. The zero-order chi connectivity index (χ0) is 18.2. The second kappa shape index (κ2) is 10.6. The second-order valence-electron chi connectivity index (χ2n) is 6.19. The Morgan fingerprint density at radius 2 is 2.07 bits per heavy atom. The average Bonchev–Trinajstić information content (AvgIpc) is 3.04. The molecule has 1 N–H and O–H groups in total. The second-order valence-corrected chi connectivity index (χ2v) is 6.19. The fraction of sp³-hybridized carbons (Fsp3) is 0.350. The summed E-state index contributed by atoms with van der Waals surface area (Å²) in [5.74, 6) is -0.141. The zero-order valence-electron chi connectivity index (χ0n) is 15.5. The first-order valence-electron chi connectivity index (χ1n) is 9.03. The highest BCUT2D eigenvalue weighted by molar-refractivity contribution is 5.93. The van der Waals surface area contributed by atoms with Gasteiger partial charge in [-0.3, -0.25) is 9.78 Å². The van der Waals surface area contributed by atoms with Gasteiger partial charge in [0.1, 0.15) is 0 Å². The number of carbonyl (C=O) groups is 1. The van der Waals surface area contributed by atoms with E-state index in [-0.39, 0.29) is 18.3 Å². The first kappa shape index (κ1) is 20.9. The number of amides is 1. The van der Waals surface area contributed by atoms with Gasteiger partial charge in [0, 0.05) is 12.4 Å². The molecule has 0 atom stereocenters. The van der Waals surface area contributed by atoms with E-state index < -0.39 is 0 Å². The van der Waals surface area contributed by atoms with Crippen molar-refractivity contribution in [2.24, 2.45) is 0 Å². The Hall–Kier alpha value is -2.44. The number of benzene rings is 1. The molecule has 144 valence electrons. The number of unbranched alkanes of at least 4 members (excludes halogenated alkanes) is 2. The number of para-hydroxylation sites is 2. The summed E-state index contributed by atoms with van der Waals surface area (Å²) in [6.07, 6.45) is 8.65. The normalized spacial score (nSPS) is 10.6. The van der Waals surface area contributed by atoms with Crippen LogP contribution in [0, 0.1) is 0 Å². The van der Waals surface area contributed by atoms with Crippen molar-refractivity contribution in [3.8, 4) is 0 Å². The Morgan fingerprint density at radius 1 is 1.22 bits per heavy atom. The number of carbonyl (C=O) groups excluding carboxylic acids is 1. The lowest BCUT2D eigenvalue weighted by Crippen LogP contribution is -3.00. The molecule has 0 aliphatic heterocycles. The average molecular weight is 389 g/mol. The van der Waals surface area contributed by atoms with Crippen LogP contribution < -0.4 is 22.3 Å². The predicted molar refractivity (Wildman–Crippen MR) is 99.3 cm³/mol. The summed E-state index contributed by atoms with van der Waals surface area (Å²) in [5, 5.41) is 2.93. The van der Waals surface area contributed by atoms with E-state index in [1.54, 1.807) is 24.5 Å². The van der Waals surface area contributed by atoms with Crippen LogP contribution in [-0.4, -0.2) is 22.1 Å². The monoisotopic (exact) mass is 388 g/mol. The van der Waals surface area contributed by atoms with Gasteiger partial charge < -0.3 is 22.5 Å². The summed E-state index contributed by atoms with van der Waals surface area (Å²) in [6, 6.07) is 11.6. The molecule has 2 heterocycles. The first-order valence-corrected chi connectivity index (χ1v) is 9.03. The number of fused-ring (bicyclic) bond motifs is 1. The minimum Gasteiger partial charge on any atom is -1.00 e. The molecule has 6 nitrogen and oxygen atoms in total.